The molecule has 17 heavy (non-hydrogen) atoms. The minimum Gasteiger partial charge on any atom is -0.325 e. The summed E-state index contributed by atoms with van der Waals surface area (Å²) in [5, 5.41) is 0. The van der Waals surface area contributed by atoms with Crippen LogP contribution in [0.2, 0.25) is 0 Å². The van der Waals surface area contributed by atoms with Gasteiger partial charge in [0.15, 0.2) is 0 Å². The molecule has 3 N–H and O–H groups in total. The fourth-order valence-electron chi connectivity index (χ4n) is 1.27. The molecule has 0 bridgehead atoms. The highest BCUT2D eigenvalue weighted by Gasteiger charge is 2.21. The number of sulfonamides is 1. The molecular formula is C11H19N3O2S. The summed E-state index contributed by atoms with van der Waals surface area (Å²) in [6.07, 6.45) is 1.53. The van der Waals surface area contributed by atoms with Gasteiger partial charge in [0.1, 0.15) is 4.90 Å². The molecule has 0 saturated carbocycles. The van der Waals surface area contributed by atoms with E-state index in [2.05, 4.69) is 9.71 Å². The van der Waals surface area contributed by atoms with Gasteiger partial charge in [-0.2, -0.15) is 0 Å². The van der Waals surface area contributed by atoms with Gasteiger partial charge in [0, 0.05) is 18.8 Å². The van der Waals surface area contributed by atoms with Crippen molar-refractivity contribution in [1.29, 1.82) is 0 Å². The molecule has 0 aliphatic carbocycles. The molecule has 1 aromatic heterocycles. The lowest BCUT2D eigenvalue weighted by Gasteiger charge is -2.18. The maximum absolute atomic E-state index is 12.1. The third-order valence-electron chi connectivity index (χ3n) is 2.67. The van der Waals surface area contributed by atoms with Crippen LogP contribution in [0.15, 0.2) is 23.2 Å². The van der Waals surface area contributed by atoms with Crippen LogP contribution < -0.4 is 10.5 Å². The number of nitrogens with two attached hydrogens (primary N) is 1. The number of pyridine rings is 1. The van der Waals surface area contributed by atoms with Crippen LogP contribution in [0.5, 0.6) is 0 Å². The van der Waals surface area contributed by atoms with Crippen LogP contribution in [0.4, 0.5) is 0 Å². The zero-order valence-electron chi connectivity index (χ0n) is 10.3. The number of rotatable bonds is 5. The average Bonchev–Trinajstić information content (AvgIpc) is 2.28. The lowest BCUT2D eigenvalue weighted by molar-refractivity contribution is 0.476. The smallest absolute Gasteiger partial charge is 0.242 e. The summed E-state index contributed by atoms with van der Waals surface area (Å²) in [4.78, 5) is 4.13. The second kappa shape index (κ2) is 5.57. The van der Waals surface area contributed by atoms with Crippen molar-refractivity contribution in [2.45, 2.75) is 38.3 Å². The fourth-order valence-corrected chi connectivity index (χ4v) is 2.86. The Balaban J connectivity index is 3.05. The Bertz CT molecular complexity index is 471. The molecule has 1 heterocycles. The van der Waals surface area contributed by atoms with E-state index in [1.54, 1.807) is 6.07 Å². The maximum atomic E-state index is 12.1. The quantitative estimate of drug-likeness (QED) is 0.819. The Hall–Kier alpha value is -0.980. The van der Waals surface area contributed by atoms with Crippen LogP contribution in [-0.2, 0) is 16.6 Å². The zero-order chi connectivity index (χ0) is 13.1. The second-order valence-corrected chi connectivity index (χ2v) is 5.99. The van der Waals surface area contributed by atoms with E-state index in [1.807, 2.05) is 20.8 Å². The van der Waals surface area contributed by atoms with Crippen molar-refractivity contribution in [2.75, 3.05) is 0 Å². The summed E-state index contributed by atoms with van der Waals surface area (Å²) in [5.74, 6) is 0.225. The molecule has 0 radical (unpaired) electrons. The van der Waals surface area contributed by atoms with E-state index < -0.39 is 10.0 Å². The van der Waals surface area contributed by atoms with Crippen molar-refractivity contribution < 1.29 is 8.42 Å². The highest BCUT2D eigenvalue weighted by molar-refractivity contribution is 7.89. The standard InChI is InChI=1S/C11H19N3O2S/c1-8(2)9(3)14-17(15,16)11-5-4-6-13-10(11)7-12/h4-6,8-9,14H,7,12H2,1-3H3. The molecular weight excluding hydrogens is 238 g/mol. The van der Waals surface area contributed by atoms with Crippen molar-refractivity contribution in [2.24, 2.45) is 11.7 Å². The van der Waals surface area contributed by atoms with Crippen LogP contribution >= 0.6 is 0 Å². The Morgan fingerprint density at radius 3 is 2.59 bits per heavy atom. The second-order valence-electron chi connectivity index (χ2n) is 4.31. The van der Waals surface area contributed by atoms with Crippen LogP contribution in [0.1, 0.15) is 26.5 Å². The zero-order valence-corrected chi connectivity index (χ0v) is 11.2. The third-order valence-corrected chi connectivity index (χ3v) is 4.31. The largest absolute Gasteiger partial charge is 0.325 e. The van der Waals surface area contributed by atoms with E-state index in [-0.39, 0.29) is 23.4 Å². The van der Waals surface area contributed by atoms with Gasteiger partial charge in [-0.25, -0.2) is 13.1 Å². The van der Waals surface area contributed by atoms with Gasteiger partial charge in [0.2, 0.25) is 10.0 Å². The van der Waals surface area contributed by atoms with Gasteiger partial charge in [0.25, 0.3) is 0 Å². The van der Waals surface area contributed by atoms with Gasteiger partial charge in [-0.3, -0.25) is 4.98 Å². The van der Waals surface area contributed by atoms with Crippen LogP contribution in [0.3, 0.4) is 0 Å². The Kier molecular flexibility index (Phi) is 4.62. The molecule has 0 aliphatic heterocycles. The van der Waals surface area contributed by atoms with Gasteiger partial charge in [-0.05, 0) is 25.0 Å². The van der Waals surface area contributed by atoms with Crippen molar-refractivity contribution in [3.8, 4) is 0 Å². The molecule has 96 valence electrons. The monoisotopic (exact) mass is 257 g/mol. The van der Waals surface area contributed by atoms with Crippen molar-refractivity contribution >= 4 is 10.0 Å². The number of hydrogen-bond donors (Lipinski definition) is 2. The summed E-state index contributed by atoms with van der Waals surface area (Å²) in [6, 6.07) is 2.98. The fraction of sp³-hybridized carbons (Fsp3) is 0.545. The molecule has 0 amide bonds. The number of hydrogen-bond acceptors (Lipinski definition) is 4. The Labute approximate surface area is 102 Å². The normalized spacial score (nSPS) is 13.9. The molecule has 1 rings (SSSR count). The van der Waals surface area contributed by atoms with E-state index in [0.29, 0.717) is 5.69 Å². The first kappa shape index (κ1) is 14.1. The topological polar surface area (TPSA) is 85.1 Å². The molecule has 1 aromatic rings. The van der Waals surface area contributed by atoms with Gasteiger partial charge in [-0.1, -0.05) is 13.8 Å². The molecule has 1 atom stereocenters. The van der Waals surface area contributed by atoms with E-state index in [1.165, 1.54) is 12.3 Å². The summed E-state index contributed by atoms with van der Waals surface area (Å²) in [6.45, 7) is 5.86. The predicted molar refractivity (Wildman–Crippen MR) is 66.7 cm³/mol. The lowest BCUT2D eigenvalue weighted by Crippen LogP contribution is -2.36. The summed E-state index contributed by atoms with van der Waals surface area (Å²) >= 11 is 0. The molecule has 6 heteroatoms. The number of nitrogens with one attached hydrogen (secondary N) is 1. The lowest BCUT2D eigenvalue weighted by atomic mass is 10.1. The van der Waals surface area contributed by atoms with E-state index in [9.17, 15) is 8.42 Å². The number of aromatic nitrogens is 1. The highest BCUT2D eigenvalue weighted by atomic mass is 32.2. The molecule has 0 fully saturated rings. The predicted octanol–water partition coefficient (Wildman–Crippen LogP) is 0.863. The van der Waals surface area contributed by atoms with Crippen LogP contribution in [0.25, 0.3) is 0 Å². The van der Waals surface area contributed by atoms with Gasteiger partial charge >= 0.3 is 0 Å². The number of nitrogens with zero attached hydrogens (tertiary/aromatic N) is 1. The minimum atomic E-state index is -3.54. The molecule has 0 saturated heterocycles. The van der Waals surface area contributed by atoms with E-state index in [0.717, 1.165) is 0 Å². The SMILES string of the molecule is CC(C)C(C)NS(=O)(=O)c1cccnc1CN. The third kappa shape index (κ3) is 3.49. The van der Waals surface area contributed by atoms with Crippen LogP contribution in [0, 0.1) is 5.92 Å². The first-order chi connectivity index (χ1) is 7.88. The highest BCUT2D eigenvalue weighted by Crippen LogP contribution is 2.14. The Morgan fingerprint density at radius 2 is 2.06 bits per heavy atom. The minimum absolute atomic E-state index is 0.104. The van der Waals surface area contributed by atoms with Gasteiger partial charge in [-0.15, -0.1) is 0 Å². The van der Waals surface area contributed by atoms with Crippen molar-refractivity contribution in [3.05, 3.63) is 24.0 Å². The molecule has 0 spiro atoms. The average molecular weight is 257 g/mol. The summed E-state index contributed by atoms with van der Waals surface area (Å²) < 4.78 is 26.9. The van der Waals surface area contributed by atoms with Crippen molar-refractivity contribution in [1.82, 2.24) is 9.71 Å². The molecule has 0 aromatic carbocycles. The van der Waals surface area contributed by atoms with Crippen molar-refractivity contribution in [3.63, 3.8) is 0 Å². The van der Waals surface area contributed by atoms with Gasteiger partial charge in [0.05, 0.1) is 5.69 Å². The molecule has 0 aliphatic rings. The van der Waals surface area contributed by atoms with Crippen LogP contribution in [-0.4, -0.2) is 19.4 Å². The van der Waals surface area contributed by atoms with Gasteiger partial charge < -0.3 is 5.73 Å². The summed E-state index contributed by atoms with van der Waals surface area (Å²) in [7, 11) is -3.54. The Morgan fingerprint density at radius 1 is 1.41 bits per heavy atom. The molecule has 5 nitrogen and oxygen atoms in total. The first-order valence-corrected chi connectivity index (χ1v) is 7.03. The first-order valence-electron chi connectivity index (χ1n) is 5.54. The van der Waals surface area contributed by atoms with E-state index in [4.69, 9.17) is 5.73 Å². The summed E-state index contributed by atoms with van der Waals surface area (Å²) in [5.41, 5.74) is 5.87. The molecule has 1 unspecified atom stereocenters. The van der Waals surface area contributed by atoms with E-state index >= 15 is 0 Å². The maximum Gasteiger partial charge on any atom is 0.242 e.